The van der Waals surface area contributed by atoms with Crippen molar-refractivity contribution in [1.29, 1.82) is 0 Å². The number of aryl methyl sites for hydroxylation is 1. The first kappa shape index (κ1) is 11.9. The predicted octanol–water partition coefficient (Wildman–Crippen LogP) is 2.88. The van der Waals surface area contributed by atoms with Crippen LogP contribution in [0.1, 0.15) is 17.3 Å². The molecule has 0 aliphatic heterocycles. The van der Waals surface area contributed by atoms with Crippen LogP contribution in [0.3, 0.4) is 0 Å². The van der Waals surface area contributed by atoms with Gasteiger partial charge in [0, 0.05) is 0 Å². The van der Waals surface area contributed by atoms with Crippen LogP contribution in [0.15, 0.2) is 35.0 Å². The van der Waals surface area contributed by atoms with Gasteiger partial charge in [-0.3, -0.25) is 0 Å². The van der Waals surface area contributed by atoms with Crippen LogP contribution in [0.25, 0.3) is 10.4 Å². The lowest BCUT2D eigenvalue weighted by Gasteiger charge is -2.08. The van der Waals surface area contributed by atoms with Gasteiger partial charge in [-0.25, -0.2) is 4.98 Å². The Morgan fingerprint density at radius 1 is 1.41 bits per heavy atom. The van der Waals surface area contributed by atoms with Gasteiger partial charge in [0.15, 0.2) is 0 Å². The fourth-order valence-corrected chi connectivity index (χ4v) is 2.46. The maximum absolute atomic E-state index is 10.2. The topological polar surface area (TPSA) is 68.3 Å². The van der Waals surface area contributed by atoms with Crippen molar-refractivity contribution in [3.8, 4) is 10.4 Å². The van der Waals surface area contributed by atoms with Gasteiger partial charge in [0.25, 0.3) is 0 Å². The summed E-state index contributed by atoms with van der Waals surface area (Å²) in [5.41, 5.74) is 10.7. The van der Waals surface area contributed by atoms with E-state index in [-0.39, 0.29) is 12.6 Å². The molecule has 1 atom stereocenters. The van der Waals surface area contributed by atoms with E-state index in [2.05, 4.69) is 10.2 Å². The zero-order valence-electron chi connectivity index (χ0n) is 9.46. The highest BCUT2D eigenvalue weighted by atomic mass is 32.1. The number of rotatable bonds is 4. The quantitative estimate of drug-likeness (QED) is 0.844. The van der Waals surface area contributed by atoms with Gasteiger partial charge in [-0.05, 0) is 18.1 Å². The van der Waals surface area contributed by atoms with Crippen LogP contribution >= 0.6 is 11.3 Å². The van der Waals surface area contributed by atoms with Crippen molar-refractivity contribution < 1.29 is 0 Å². The van der Waals surface area contributed by atoms with E-state index in [1.807, 2.05) is 36.7 Å². The molecule has 0 spiro atoms. The van der Waals surface area contributed by atoms with E-state index in [1.165, 1.54) is 4.88 Å². The summed E-state index contributed by atoms with van der Waals surface area (Å²) in [6.07, 6.45) is 0. The van der Waals surface area contributed by atoms with Crippen LogP contribution < -0.4 is 5.73 Å². The molecule has 0 radical (unpaired) electrons. The molecule has 2 aromatic rings. The molecule has 1 aromatic heterocycles. The Morgan fingerprint density at radius 3 is 2.65 bits per heavy atom. The third-order valence-corrected chi connectivity index (χ3v) is 3.60. The molecule has 0 bridgehead atoms. The molecule has 4 nitrogen and oxygen atoms in total. The molecule has 17 heavy (non-hydrogen) atoms. The first-order valence-corrected chi connectivity index (χ1v) is 6.15. The first-order chi connectivity index (χ1) is 8.22. The summed E-state index contributed by atoms with van der Waals surface area (Å²) >= 11 is 1.62. The van der Waals surface area contributed by atoms with E-state index < -0.39 is 0 Å². The second-order valence-electron chi connectivity index (χ2n) is 3.81. The number of aromatic nitrogens is 1. The minimum Gasteiger partial charge on any atom is -0.322 e. The lowest BCUT2D eigenvalue weighted by Crippen LogP contribution is -2.12. The minimum atomic E-state index is -0.316. The number of hydrogen-bond donors (Lipinski definition) is 1. The molecular formula is C12H13N3OS. The summed E-state index contributed by atoms with van der Waals surface area (Å²) in [7, 11) is 0. The van der Waals surface area contributed by atoms with E-state index in [4.69, 9.17) is 5.73 Å². The fourth-order valence-electron chi connectivity index (χ4n) is 1.65. The Labute approximate surface area is 103 Å². The number of hydrogen-bond acceptors (Lipinski definition) is 5. The molecule has 0 aliphatic rings. The van der Waals surface area contributed by atoms with Crippen molar-refractivity contribution in [2.75, 3.05) is 6.54 Å². The summed E-state index contributed by atoms with van der Waals surface area (Å²) in [6, 6.07) is 7.56. The maximum Gasteiger partial charge on any atom is 0.100 e. The number of thiazole rings is 1. The van der Waals surface area contributed by atoms with Gasteiger partial charge < -0.3 is 5.73 Å². The molecular weight excluding hydrogens is 234 g/mol. The van der Waals surface area contributed by atoms with Gasteiger partial charge in [-0.15, -0.1) is 11.3 Å². The van der Waals surface area contributed by atoms with Gasteiger partial charge in [0.2, 0.25) is 0 Å². The Bertz CT molecular complexity index is 507. The number of nitrogens with two attached hydrogens (primary N) is 1. The number of nitrogens with zero attached hydrogens (tertiary/aromatic N) is 2. The standard InChI is InChI=1S/C12H13N3OS/c1-8-12(17-7-14-8)10-4-2-9(3-5-10)11(13)6-15-16/h2-5,7,11H,6,13H2,1H3. The molecule has 0 saturated heterocycles. The molecule has 1 aromatic carbocycles. The van der Waals surface area contributed by atoms with Crippen LogP contribution in [-0.4, -0.2) is 11.5 Å². The molecule has 0 fully saturated rings. The van der Waals surface area contributed by atoms with Crippen LogP contribution in [0.2, 0.25) is 0 Å². The van der Waals surface area contributed by atoms with Crippen LogP contribution in [-0.2, 0) is 0 Å². The zero-order valence-corrected chi connectivity index (χ0v) is 10.3. The monoisotopic (exact) mass is 247 g/mol. The van der Waals surface area contributed by atoms with Gasteiger partial charge in [-0.1, -0.05) is 29.4 Å². The van der Waals surface area contributed by atoms with E-state index in [0.717, 1.165) is 16.8 Å². The average molecular weight is 247 g/mol. The van der Waals surface area contributed by atoms with Crippen LogP contribution in [0.5, 0.6) is 0 Å². The van der Waals surface area contributed by atoms with Gasteiger partial charge in [0.05, 0.1) is 22.1 Å². The smallest absolute Gasteiger partial charge is 0.100 e. The van der Waals surface area contributed by atoms with Crippen LogP contribution in [0.4, 0.5) is 0 Å². The van der Waals surface area contributed by atoms with Crippen LogP contribution in [0, 0.1) is 11.8 Å². The van der Waals surface area contributed by atoms with Crippen molar-refractivity contribution in [3.05, 3.63) is 45.9 Å². The molecule has 2 N–H and O–H groups in total. The normalized spacial score (nSPS) is 12.4. The van der Waals surface area contributed by atoms with Crippen molar-refractivity contribution in [2.45, 2.75) is 13.0 Å². The molecule has 0 saturated carbocycles. The third-order valence-electron chi connectivity index (χ3n) is 2.62. The average Bonchev–Trinajstić information content (AvgIpc) is 2.76. The van der Waals surface area contributed by atoms with Crippen molar-refractivity contribution in [1.82, 2.24) is 4.98 Å². The largest absolute Gasteiger partial charge is 0.322 e. The van der Waals surface area contributed by atoms with E-state index in [9.17, 15) is 4.91 Å². The summed E-state index contributed by atoms with van der Waals surface area (Å²) in [5, 5.41) is 2.82. The Hall–Kier alpha value is -1.59. The highest BCUT2D eigenvalue weighted by Gasteiger charge is 2.08. The van der Waals surface area contributed by atoms with E-state index in [0.29, 0.717) is 0 Å². The summed E-state index contributed by atoms with van der Waals surface area (Å²) < 4.78 is 0. The molecule has 1 heterocycles. The third kappa shape index (κ3) is 2.57. The van der Waals surface area contributed by atoms with Crippen molar-refractivity contribution in [2.24, 2.45) is 10.9 Å². The molecule has 2 rings (SSSR count). The zero-order chi connectivity index (χ0) is 12.3. The van der Waals surface area contributed by atoms with E-state index >= 15 is 0 Å². The molecule has 1 unspecified atom stereocenters. The number of nitroso groups, excluding NO2 is 1. The van der Waals surface area contributed by atoms with E-state index in [1.54, 1.807) is 11.3 Å². The Morgan fingerprint density at radius 2 is 2.12 bits per heavy atom. The van der Waals surface area contributed by atoms with Crippen molar-refractivity contribution in [3.63, 3.8) is 0 Å². The Kier molecular flexibility index (Phi) is 3.61. The first-order valence-electron chi connectivity index (χ1n) is 5.27. The maximum atomic E-state index is 10.2. The Balaban J connectivity index is 2.24. The predicted molar refractivity (Wildman–Crippen MR) is 69.9 cm³/mol. The van der Waals surface area contributed by atoms with Gasteiger partial charge >= 0.3 is 0 Å². The summed E-state index contributed by atoms with van der Waals surface area (Å²) in [4.78, 5) is 15.5. The highest BCUT2D eigenvalue weighted by molar-refractivity contribution is 7.13. The number of benzene rings is 1. The lowest BCUT2D eigenvalue weighted by atomic mass is 10.0. The van der Waals surface area contributed by atoms with Gasteiger partial charge in [-0.2, -0.15) is 4.91 Å². The van der Waals surface area contributed by atoms with Crippen molar-refractivity contribution >= 4 is 11.3 Å². The fraction of sp³-hybridized carbons (Fsp3) is 0.250. The molecule has 0 aliphatic carbocycles. The second-order valence-corrected chi connectivity index (χ2v) is 4.66. The summed E-state index contributed by atoms with van der Waals surface area (Å²) in [5.74, 6) is 0. The SMILES string of the molecule is Cc1ncsc1-c1ccc(C(N)CN=O)cc1. The molecule has 88 valence electrons. The lowest BCUT2D eigenvalue weighted by molar-refractivity contribution is 0.735. The molecule has 0 amide bonds. The summed E-state index contributed by atoms with van der Waals surface area (Å²) in [6.45, 7) is 2.10. The van der Waals surface area contributed by atoms with Gasteiger partial charge in [0.1, 0.15) is 6.54 Å². The highest BCUT2D eigenvalue weighted by Crippen LogP contribution is 2.27. The molecule has 5 heteroatoms. The second kappa shape index (κ2) is 5.16. The minimum absolute atomic E-state index is 0.110.